The number of ether oxygens (including phenoxy) is 1. The van der Waals surface area contributed by atoms with E-state index >= 15 is 0 Å². The molecule has 116 valence electrons. The standard InChI is InChI=1S/C19H17NO3/c1-13(19(22)23-2)17(15-6-4-3-5-7-15)18(21)16-10-8-14(12-20)9-11-16/h3-11,17-18,21H,1H2,2H3/t17-,18+/m1/s1. The summed E-state index contributed by atoms with van der Waals surface area (Å²) in [6.07, 6.45) is -0.975. The van der Waals surface area contributed by atoms with Crippen molar-refractivity contribution in [3.05, 3.63) is 83.4 Å². The van der Waals surface area contributed by atoms with Crippen molar-refractivity contribution in [2.24, 2.45) is 0 Å². The number of nitriles is 1. The molecule has 0 bridgehead atoms. The third kappa shape index (κ3) is 3.65. The van der Waals surface area contributed by atoms with Gasteiger partial charge in [-0.15, -0.1) is 0 Å². The Morgan fingerprint density at radius 2 is 1.74 bits per heavy atom. The van der Waals surface area contributed by atoms with Gasteiger partial charge in [-0.25, -0.2) is 4.79 Å². The normalized spacial score (nSPS) is 12.7. The Labute approximate surface area is 135 Å². The van der Waals surface area contributed by atoms with Gasteiger partial charge in [-0.1, -0.05) is 49.0 Å². The van der Waals surface area contributed by atoms with Crippen molar-refractivity contribution < 1.29 is 14.6 Å². The SMILES string of the molecule is C=C(C(=O)OC)[C@H](c1ccccc1)[C@@H](O)c1ccc(C#N)cc1. The Hall–Kier alpha value is -2.90. The Balaban J connectivity index is 2.42. The number of aliphatic hydroxyl groups is 1. The lowest BCUT2D eigenvalue weighted by Crippen LogP contribution is -2.19. The second-order valence-electron chi connectivity index (χ2n) is 5.08. The summed E-state index contributed by atoms with van der Waals surface area (Å²) in [5, 5.41) is 19.6. The number of aliphatic hydroxyl groups excluding tert-OH is 1. The second kappa shape index (κ2) is 7.39. The van der Waals surface area contributed by atoms with Gasteiger partial charge in [-0.2, -0.15) is 5.26 Å². The molecule has 23 heavy (non-hydrogen) atoms. The molecular formula is C19H17NO3. The predicted molar refractivity (Wildman–Crippen MR) is 86.5 cm³/mol. The summed E-state index contributed by atoms with van der Waals surface area (Å²) in [6, 6.07) is 17.8. The molecule has 2 aromatic carbocycles. The van der Waals surface area contributed by atoms with Crippen LogP contribution >= 0.6 is 0 Å². The van der Waals surface area contributed by atoms with Gasteiger partial charge in [0.2, 0.25) is 0 Å². The number of hydrogen-bond acceptors (Lipinski definition) is 4. The fourth-order valence-corrected chi connectivity index (χ4v) is 2.44. The monoisotopic (exact) mass is 307 g/mol. The minimum Gasteiger partial charge on any atom is -0.466 e. The van der Waals surface area contributed by atoms with E-state index in [4.69, 9.17) is 10.00 Å². The number of carbonyl (C=O) groups excluding carboxylic acids is 1. The molecule has 0 saturated carbocycles. The number of esters is 1. The molecule has 0 aliphatic rings. The van der Waals surface area contributed by atoms with E-state index in [0.29, 0.717) is 11.1 Å². The molecule has 1 N–H and O–H groups in total. The third-order valence-electron chi connectivity index (χ3n) is 3.68. The molecule has 0 amide bonds. The van der Waals surface area contributed by atoms with Crippen molar-refractivity contribution in [2.75, 3.05) is 7.11 Å². The Morgan fingerprint density at radius 3 is 2.26 bits per heavy atom. The zero-order valence-corrected chi connectivity index (χ0v) is 12.8. The van der Waals surface area contributed by atoms with Crippen molar-refractivity contribution in [3.63, 3.8) is 0 Å². The van der Waals surface area contributed by atoms with E-state index in [1.54, 1.807) is 24.3 Å². The molecule has 0 saturated heterocycles. The Bertz CT molecular complexity index is 729. The number of nitrogens with zero attached hydrogens (tertiary/aromatic N) is 1. The topological polar surface area (TPSA) is 70.3 Å². The minimum atomic E-state index is -0.975. The molecule has 0 spiro atoms. The second-order valence-corrected chi connectivity index (χ2v) is 5.08. The van der Waals surface area contributed by atoms with E-state index in [-0.39, 0.29) is 5.57 Å². The first-order valence-electron chi connectivity index (χ1n) is 7.08. The summed E-state index contributed by atoms with van der Waals surface area (Å²) in [4.78, 5) is 11.9. The van der Waals surface area contributed by atoms with Crippen molar-refractivity contribution in [1.82, 2.24) is 0 Å². The number of rotatable bonds is 5. The molecule has 0 aliphatic carbocycles. The van der Waals surface area contributed by atoms with Crippen molar-refractivity contribution in [2.45, 2.75) is 12.0 Å². The first-order chi connectivity index (χ1) is 11.1. The molecule has 2 atom stereocenters. The van der Waals surface area contributed by atoms with Gasteiger partial charge in [0.05, 0.1) is 24.8 Å². The Morgan fingerprint density at radius 1 is 1.13 bits per heavy atom. The molecule has 0 fully saturated rings. The maximum Gasteiger partial charge on any atom is 0.333 e. The molecule has 0 heterocycles. The third-order valence-corrected chi connectivity index (χ3v) is 3.68. The average molecular weight is 307 g/mol. The zero-order chi connectivity index (χ0) is 16.8. The van der Waals surface area contributed by atoms with E-state index < -0.39 is 18.0 Å². The van der Waals surface area contributed by atoms with Gasteiger partial charge in [-0.3, -0.25) is 0 Å². The summed E-state index contributed by atoms with van der Waals surface area (Å²) in [5.74, 6) is -1.19. The highest BCUT2D eigenvalue weighted by atomic mass is 16.5. The van der Waals surface area contributed by atoms with Gasteiger partial charge < -0.3 is 9.84 Å². The summed E-state index contributed by atoms with van der Waals surface area (Å²) in [7, 11) is 1.28. The number of hydrogen-bond donors (Lipinski definition) is 1. The number of benzene rings is 2. The summed E-state index contributed by atoms with van der Waals surface area (Å²) >= 11 is 0. The van der Waals surface area contributed by atoms with Gasteiger partial charge >= 0.3 is 5.97 Å². The lowest BCUT2D eigenvalue weighted by atomic mass is 9.83. The molecule has 4 heteroatoms. The molecule has 0 unspecified atom stereocenters. The van der Waals surface area contributed by atoms with Crippen LogP contribution in [0.25, 0.3) is 0 Å². The van der Waals surface area contributed by atoms with Crippen LogP contribution in [0.3, 0.4) is 0 Å². The van der Waals surface area contributed by atoms with Crippen LogP contribution in [0.5, 0.6) is 0 Å². The van der Waals surface area contributed by atoms with E-state index in [9.17, 15) is 9.90 Å². The van der Waals surface area contributed by atoms with Crippen LogP contribution in [0.15, 0.2) is 66.7 Å². The fraction of sp³-hybridized carbons (Fsp3) is 0.158. The van der Waals surface area contributed by atoms with Crippen LogP contribution in [0, 0.1) is 11.3 Å². The van der Waals surface area contributed by atoms with Gasteiger partial charge in [0.1, 0.15) is 0 Å². The van der Waals surface area contributed by atoms with Crippen LogP contribution in [0.4, 0.5) is 0 Å². The van der Waals surface area contributed by atoms with Crippen LogP contribution in [0.1, 0.15) is 28.7 Å². The summed E-state index contributed by atoms with van der Waals surface area (Å²) in [5.41, 5.74) is 2.04. The Kier molecular flexibility index (Phi) is 5.29. The van der Waals surface area contributed by atoms with E-state index in [1.807, 2.05) is 36.4 Å². The van der Waals surface area contributed by atoms with E-state index in [2.05, 4.69) is 6.58 Å². The van der Waals surface area contributed by atoms with E-state index in [1.165, 1.54) is 7.11 Å². The average Bonchev–Trinajstić information content (AvgIpc) is 2.62. The minimum absolute atomic E-state index is 0.176. The molecule has 0 aliphatic heterocycles. The highest BCUT2D eigenvalue weighted by Crippen LogP contribution is 2.36. The van der Waals surface area contributed by atoms with Crippen molar-refractivity contribution >= 4 is 5.97 Å². The highest BCUT2D eigenvalue weighted by Gasteiger charge is 2.29. The predicted octanol–water partition coefficient (Wildman–Crippen LogP) is 3.10. The van der Waals surface area contributed by atoms with Crippen molar-refractivity contribution in [1.29, 1.82) is 5.26 Å². The maximum absolute atomic E-state index is 11.9. The summed E-state index contributed by atoms with van der Waals surface area (Å²) in [6.45, 7) is 3.80. The molecule has 0 radical (unpaired) electrons. The lowest BCUT2D eigenvalue weighted by molar-refractivity contribution is -0.136. The van der Waals surface area contributed by atoms with Crippen LogP contribution < -0.4 is 0 Å². The van der Waals surface area contributed by atoms with Crippen molar-refractivity contribution in [3.8, 4) is 6.07 Å². The number of methoxy groups -OCH3 is 1. The molecule has 2 rings (SSSR count). The van der Waals surface area contributed by atoms with Gasteiger partial charge in [0.25, 0.3) is 0 Å². The molecule has 2 aromatic rings. The first-order valence-corrected chi connectivity index (χ1v) is 7.08. The molecule has 0 aromatic heterocycles. The zero-order valence-electron chi connectivity index (χ0n) is 12.8. The fourth-order valence-electron chi connectivity index (χ4n) is 2.44. The lowest BCUT2D eigenvalue weighted by Gasteiger charge is -2.24. The van der Waals surface area contributed by atoms with Crippen LogP contribution in [-0.4, -0.2) is 18.2 Å². The van der Waals surface area contributed by atoms with Crippen LogP contribution in [-0.2, 0) is 9.53 Å². The van der Waals surface area contributed by atoms with Gasteiger partial charge in [0.15, 0.2) is 0 Å². The summed E-state index contributed by atoms with van der Waals surface area (Å²) < 4.78 is 4.74. The van der Waals surface area contributed by atoms with E-state index in [0.717, 1.165) is 5.56 Å². The molecule has 4 nitrogen and oxygen atoms in total. The maximum atomic E-state index is 11.9. The first kappa shape index (κ1) is 16.5. The highest BCUT2D eigenvalue weighted by molar-refractivity contribution is 5.89. The quantitative estimate of drug-likeness (QED) is 0.680. The molecular weight excluding hydrogens is 290 g/mol. The van der Waals surface area contributed by atoms with Gasteiger partial charge in [0, 0.05) is 11.5 Å². The largest absolute Gasteiger partial charge is 0.466 e. The van der Waals surface area contributed by atoms with Crippen LogP contribution in [0.2, 0.25) is 0 Å². The smallest absolute Gasteiger partial charge is 0.333 e. The number of carbonyl (C=O) groups is 1. The van der Waals surface area contributed by atoms with Gasteiger partial charge in [-0.05, 0) is 23.3 Å².